The number of pyridine rings is 1. The number of rotatable bonds is 4. The molecule has 1 atom stereocenters. The lowest BCUT2D eigenvalue weighted by molar-refractivity contribution is -0.212. The summed E-state index contributed by atoms with van der Waals surface area (Å²) >= 11 is 0. The third-order valence-electron chi connectivity index (χ3n) is 4.75. The van der Waals surface area contributed by atoms with E-state index in [1.54, 1.807) is 23.0 Å². The Morgan fingerprint density at radius 3 is 2.79 bits per heavy atom. The molecule has 0 bridgehead atoms. The van der Waals surface area contributed by atoms with Gasteiger partial charge >= 0.3 is 6.30 Å². The summed E-state index contributed by atoms with van der Waals surface area (Å²) in [5.74, 6) is -0.151. The van der Waals surface area contributed by atoms with Crippen molar-refractivity contribution in [3.05, 3.63) is 47.5 Å². The molecule has 11 heteroatoms. The lowest BCUT2D eigenvalue weighted by atomic mass is 10.1. The fraction of sp³-hybridized carbons (Fsp3) is 0.333. The second kappa shape index (κ2) is 6.90. The van der Waals surface area contributed by atoms with E-state index in [4.69, 9.17) is 4.74 Å². The fourth-order valence-corrected chi connectivity index (χ4v) is 3.31. The van der Waals surface area contributed by atoms with E-state index in [-0.39, 0.29) is 22.0 Å². The first kappa shape index (κ1) is 19.0. The monoisotopic (exact) mass is 406 g/mol. The first-order valence-corrected chi connectivity index (χ1v) is 8.79. The summed E-state index contributed by atoms with van der Waals surface area (Å²) < 4.78 is 45.2. The number of aromatic nitrogens is 5. The maximum absolute atomic E-state index is 12.8. The number of nitrogens with one attached hydrogen (secondary N) is 1. The van der Waals surface area contributed by atoms with Gasteiger partial charge in [-0.2, -0.15) is 14.9 Å². The Morgan fingerprint density at radius 1 is 1.31 bits per heavy atom. The van der Waals surface area contributed by atoms with E-state index in [0.29, 0.717) is 30.7 Å². The van der Waals surface area contributed by atoms with Crippen LogP contribution in [0.5, 0.6) is 5.88 Å². The zero-order chi connectivity index (χ0) is 20.8. The Bertz CT molecular complexity index is 1070. The minimum absolute atomic E-state index is 0.0101. The van der Waals surface area contributed by atoms with Crippen LogP contribution in [0.4, 0.5) is 13.2 Å². The van der Waals surface area contributed by atoms with Crippen molar-refractivity contribution >= 4 is 5.91 Å². The SMILES string of the molecule is COc1cc(-c2cc3n(n2)CC[C@H]3NC(=O)c2cn(C(F)(F)F)nc2C)ccn1. The fourth-order valence-electron chi connectivity index (χ4n) is 3.31. The van der Waals surface area contributed by atoms with Gasteiger partial charge in [0.2, 0.25) is 5.88 Å². The van der Waals surface area contributed by atoms with E-state index in [1.807, 2.05) is 6.07 Å². The summed E-state index contributed by atoms with van der Waals surface area (Å²) in [5.41, 5.74) is 2.19. The Hall–Kier alpha value is -3.37. The third-order valence-corrected chi connectivity index (χ3v) is 4.75. The van der Waals surface area contributed by atoms with Gasteiger partial charge in [0, 0.05) is 30.6 Å². The van der Waals surface area contributed by atoms with Crippen molar-refractivity contribution in [2.75, 3.05) is 7.11 Å². The molecule has 0 fully saturated rings. The van der Waals surface area contributed by atoms with Crippen LogP contribution in [0.1, 0.15) is 34.2 Å². The topological polar surface area (TPSA) is 86.9 Å². The number of amides is 1. The van der Waals surface area contributed by atoms with Gasteiger partial charge in [0.15, 0.2) is 0 Å². The first-order chi connectivity index (χ1) is 13.8. The summed E-state index contributed by atoms with van der Waals surface area (Å²) in [7, 11) is 1.52. The molecule has 0 saturated heterocycles. The molecule has 0 radical (unpaired) electrons. The number of methoxy groups -OCH3 is 1. The predicted octanol–water partition coefficient (Wildman–Crippen LogP) is 2.81. The Morgan fingerprint density at radius 2 is 2.10 bits per heavy atom. The van der Waals surface area contributed by atoms with Gasteiger partial charge < -0.3 is 10.1 Å². The lowest BCUT2D eigenvalue weighted by Crippen LogP contribution is -2.27. The molecule has 0 aromatic carbocycles. The lowest BCUT2D eigenvalue weighted by Gasteiger charge is -2.11. The van der Waals surface area contributed by atoms with E-state index in [2.05, 4.69) is 20.5 Å². The zero-order valence-electron chi connectivity index (χ0n) is 15.6. The van der Waals surface area contributed by atoms with E-state index < -0.39 is 12.2 Å². The molecule has 1 N–H and O–H groups in total. The van der Waals surface area contributed by atoms with Crippen LogP contribution < -0.4 is 10.1 Å². The van der Waals surface area contributed by atoms with E-state index in [9.17, 15) is 18.0 Å². The van der Waals surface area contributed by atoms with Gasteiger partial charge in [0.05, 0.1) is 35.8 Å². The summed E-state index contributed by atoms with van der Waals surface area (Å²) in [6.45, 7) is 1.95. The number of alkyl halides is 3. The normalized spacial score (nSPS) is 16.0. The molecular weight excluding hydrogens is 389 g/mol. The molecule has 3 aromatic rings. The first-order valence-electron chi connectivity index (χ1n) is 8.79. The molecule has 152 valence electrons. The minimum Gasteiger partial charge on any atom is -0.481 e. The number of ether oxygens (including phenoxy) is 1. The van der Waals surface area contributed by atoms with Gasteiger partial charge in [-0.05, 0) is 25.5 Å². The molecule has 4 heterocycles. The zero-order valence-corrected chi connectivity index (χ0v) is 15.6. The maximum Gasteiger partial charge on any atom is 0.504 e. The summed E-state index contributed by atoms with van der Waals surface area (Å²) in [4.78, 5) is 16.6. The minimum atomic E-state index is -4.67. The number of hydrogen-bond donors (Lipinski definition) is 1. The van der Waals surface area contributed by atoms with Crippen LogP contribution in [0.25, 0.3) is 11.3 Å². The number of halogens is 3. The number of hydrogen-bond acceptors (Lipinski definition) is 5. The molecule has 1 aliphatic heterocycles. The van der Waals surface area contributed by atoms with Gasteiger partial charge in [0.1, 0.15) is 0 Å². The Kier molecular flexibility index (Phi) is 4.52. The average Bonchev–Trinajstić information content (AvgIpc) is 3.36. The number of carbonyl (C=O) groups excluding carboxylic acids is 1. The molecule has 4 rings (SSSR count). The van der Waals surface area contributed by atoms with E-state index in [0.717, 1.165) is 11.3 Å². The smallest absolute Gasteiger partial charge is 0.481 e. The molecular formula is C18H17F3N6O2. The van der Waals surface area contributed by atoms with Crippen LogP contribution in [0.15, 0.2) is 30.6 Å². The van der Waals surface area contributed by atoms with Crippen LogP contribution in [-0.2, 0) is 12.8 Å². The second-order valence-corrected chi connectivity index (χ2v) is 6.62. The van der Waals surface area contributed by atoms with Gasteiger partial charge in [-0.3, -0.25) is 9.48 Å². The van der Waals surface area contributed by atoms with E-state index >= 15 is 0 Å². The van der Waals surface area contributed by atoms with Crippen LogP contribution >= 0.6 is 0 Å². The average molecular weight is 406 g/mol. The van der Waals surface area contributed by atoms with Crippen molar-refractivity contribution in [2.24, 2.45) is 0 Å². The molecule has 29 heavy (non-hydrogen) atoms. The van der Waals surface area contributed by atoms with Crippen LogP contribution in [0.3, 0.4) is 0 Å². The highest BCUT2D eigenvalue weighted by Crippen LogP contribution is 2.31. The van der Waals surface area contributed by atoms with Crippen molar-refractivity contribution in [2.45, 2.75) is 32.2 Å². The maximum atomic E-state index is 12.8. The van der Waals surface area contributed by atoms with Crippen molar-refractivity contribution in [3.63, 3.8) is 0 Å². The van der Waals surface area contributed by atoms with Crippen molar-refractivity contribution in [1.29, 1.82) is 0 Å². The molecule has 1 aliphatic rings. The third kappa shape index (κ3) is 3.55. The summed E-state index contributed by atoms with van der Waals surface area (Å²) in [6, 6.07) is 5.03. The van der Waals surface area contributed by atoms with Crippen LogP contribution in [0.2, 0.25) is 0 Å². The Labute approximate surface area is 163 Å². The highest BCUT2D eigenvalue weighted by atomic mass is 19.4. The predicted molar refractivity (Wildman–Crippen MR) is 95.1 cm³/mol. The molecule has 8 nitrogen and oxygen atoms in total. The van der Waals surface area contributed by atoms with Crippen LogP contribution in [-0.4, -0.2) is 37.6 Å². The largest absolute Gasteiger partial charge is 0.504 e. The number of fused-ring (bicyclic) bond motifs is 1. The second-order valence-electron chi connectivity index (χ2n) is 6.62. The Balaban J connectivity index is 1.55. The standard InChI is InChI=1S/C18H17F3N6O2/c1-10-12(9-27(24-10)18(19,20)21)17(28)23-13-4-6-26-15(13)8-14(25-26)11-3-5-22-16(7-11)29-2/h3,5,7-9,13H,4,6H2,1-2H3,(H,23,28)/t13-/m1/s1. The number of carbonyl (C=O) groups is 1. The molecule has 0 saturated carbocycles. The highest BCUT2D eigenvalue weighted by molar-refractivity contribution is 5.95. The summed E-state index contributed by atoms with van der Waals surface area (Å²) in [6.07, 6.45) is -1.76. The van der Waals surface area contributed by atoms with Gasteiger partial charge in [-0.1, -0.05) is 0 Å². The highest BCUT2D eigenvalue weighted by Gasteiger charge is 2.34. The summed E-state index contributed by atoms with van der Waals surface area (Å²) in [5, 5.41) is 10.7. The van der Waals surface area contributed by atoms with Crippen molar-refractivity contribution in [3.8, 4) is 17.1 Å². The van der Waals surface area contributed by atoms with Crippen LogP contribution in [0, 0.1) is 6.92 Å². The quantitative estimate of drug-likeness (QED) is 0.720. The molecule has 0 aliphatic carbocycles. The van der Waals surface area contributed by atoms with Crippen molar-refractivity contribution < 1.29 is 22.7 Å². The van der Waals surface area contributed by atoms with Crippen molar-refractivity contribution in [1.82, 2.24) is 29.9 Å². The number of aryl methyl sites for hydroxylation is 2. The molecule has 0 spiro atoms. The van der Waals surface area contributed by atoms with E-state index in [1.165, 1.54) is 14.0 Å². The van der Waals surface area contributed by atoms with Gasteiger partial charge in [-0.15, -0.1) is 13.2 Å². The number of nitrogens with zero attached hydrogens (tertiary/aromatic N) is 5. The van der Waals surface area contributed by atoms with Gasteiger partial charge in [0.25, 0.3) is 5.91 Å². The molecule has 3 aromatic heterocycles. The molecule has 1 amide bonds. The van der Waals surface area contributed by atoms with Gasteiger partial charge in [-0.25, -0.2) is 4.98 Å². The molecule has 0 unspecified atom stereocenters.